The van der Waals surface area contributed by atoms with Crippen LogP contribution in [0.4, 0.5) is 11.4 Å². The van der Waals surface area contributed by atoms with Gasteiger partial charge >= 0.3 is 0 Å². The number of anilines is 2. The first kappa shape index (κ1) is 18.3. The first-order chi connectivity index (χ1) is 12.6. The van der Waals surface area contributed by atoms with Crippen LogP contribution in [-0.2, 0) is 4.79 Å². The number of rotatable bonds is 5. The van der Waals surface area contributed by atoms with Gasteiger partial charge in [-0.05, 0) is 43.3 Å². The van der Waals surface area contributed by atoms with E-state index in [1.165, 1.54) is 5.69 Å². The Bertz CT molecular complexity index is 710. The quantitative estimate of drug-likeness (QED) is 0.828. The Morgan fingerprint density at radius 3 is 2.19 bits per heavy atom. The van der Waals surface area contributed by atoms with Gasteiger partial charge in [-0.25, -0.2) is 0 Å². The van der Waals surface area contributed by atoms with Gasteiger partial charge in [-0.3, -0.25) is 9.69 Å². The zero-order valence-electron chi connectivity index (χ0n) is 15.8. The maximum atomic E-state index is 12.8. The molecule has 26 heavy (non-hydrogen) atoms. The molecule has 1 fully saturated rings. The second-order valence-electron chi connectivity index (χ2n) is 6.63. The lowest BCUT2D eigenvalue weighted by molar-refractivity contribution is -0.123. The molecule has 1 heterocycles. The number of likely N-dealkylation sites (N-methyl/N-ethyl adjacent to an activating group) is 1. The number of amides is 1. The summed E-state index contributed by atoms with van der Waals surface area (Å²) in [5, 5.41) is 0. The van der Waals surface area contributed by atoms with E-state index in [2.05, 4.69) is 21.9 Å². The van der Waals surface area contributed by atoms with Crippen LogP contribution in [0.25, 0.3) is 0 Å². The maximum Gasteiger partial charge on any atom is 0.243 e. The molecule has 0 saturated carbocycles. The smallest absolute Gasteiger partial charge is 0.243 e. The van der Waals surface area contributed by atoms with Crippen molar-refractivity contribution in [2.24, 2.45) is 0 Å². The monoisotopic (exact) mass is 353 g/mol. The topological polar surface area (TPSA) is 36.0 Å². The largest absolute Gasteiger partial charge is 0.497 e. The molecule has 138 valence electrons. The molecule has 3 rings (SSSR count). The first-order valence-corrected chi connectivity index (χ1v) is 9.06. The van der Waals surface area contributed by atoms with Gasteiger partial charge in [0.25, 0.3) is 0 Å². The van der Waals surface area contributed by atoms with Crippen LogP contribution in [0.15, 0.2) is 54.6 Å². The molecule has 0 aliphatic carbocycles. The number of ether oxygens (including phenoxy) is 1. The van der Waals surface area contributed by atoms with Crippen molar-refractivity contribution < 1.29 is 9.53 Å². The van der Waals surface area contributed by atoms with Crippen molar-refractivity contribution in [3.8, 4) is 5.75 Å². The molecule has 1 amide bonds. The molecule has 1 atom stereocenters. The minimum atomic E-state index is -0.127. The van der Waals surface area contributed by atoms with E-state index in [1.807, 2.05) is 56.4 Å². The number of hydrogen-bond acceptors (Lipinski definition) is 4. The molecule has 5 nitrogen and oxygen atoms in total. The van der Waals surface area contributed by atoms with Crippen LogP contribution in [-0.4, -0.2) is 57.2 Å². The number of carbonyl (C=O) groups is 1. The lowest BCUT2D eigenvalue weighted by atomic mass is 10.1. The summed E-state index contributed by atoms with van der Waals surface area (Å²) in [6.07, 6.45) is 0. The molecule has 1 aliphatic rings. The number of para-hydroxylation sites is 1. The van der Waals surface area contributed by atoms with E-state index in [1.54, 1.807) is 12.0 Å². The molecular weight excluding hydrogens is 326 g/mol. The molecule has 0 radical (unpaired) electrons. The standard InChI is InChI=1S/C21H27N3O2/c1-17(21(25)22(2)18-7-5-4-6-8-18)23-13-15-24(16-14-23)19-9-11-20(26-3)12-10-19/h4-12,17H,13-16H2,1-3H3/t17-/m1/s1. The Labute approximate surface area is 155 Å². The third-order valence-electron chi connectivity index (χ3n) is 5.13. The lowest BCUT2D eigenvalue weighted by Crippen LogP contribution is -2.54. The predicted molar refractivity (Wildman–Crippen MR) is 106 cm³/mol. The molecule has 0 aromatic heterocycles. The van der Waals surface area contributed by atoms with Gasteiger partial charge in [0, 0.05) is 44.6 Å². The molecule has 2 aromatic carbocycles. The van der Waals surface area contributed by atoms with E-state index in [9.17, 15) is 4.79 Å². The molecule has 0 bridgehead atoms. The molecule has 1 aliphatic heterocycles. The van der Waals surface area contributed by atoms with Gasteiger partial charge in [-0.1, -0.05) is 18.2 Å². The molecule has 0 spiro atoms. The van der Waals surface area contributed by atoms with Crippen molar-refractivity contribution in [2.75, 3.05) is 50.1 Å². The first-order valence-electron chi connectivity index (χ1n) is 9.06. The van der Waals surface area contributed by atoms with Crippen LogP contribution < -0.4 is 14.5 Å². The number of nitrogens with zero attached hydrogens (tertiary/aromatic N) is 3. The van der Waals surface area contributed by atoms with Crippen LogP contribution in [0.1, 0.15) is 6.92 Å². The molecule has 0 unspecified atom stereocenters. The molecule has 0 N–H and O–H groups in total. The second-order valence-corrected chi connectivity index (χ2v) is 6.63. The Balaban J connectivity index is 1.57. The summed E-state index contributed by atoms with van der Waals surface area (Å²) in [4.78, 5) is 19.2. The molecule has 5 heteroatoms. The van der Waals surface area contributed by atoms with E-state index < -0.39 is 0 Å². The summed E-state index contributed by atoms with van der Waals surface area (Å²) in [6, 6.07) is 17.8. The van der Waals surface area contributed by atoms with Crippen molar-refractivity contribution >= 4 is 17.3 Å². The molecule has 1 saturated heterocycles. The highest BCUT2D eigenvalue weighted by Crippen LogP contribution is 2.21. The molecule has 2 aromatic rings. The highest BCUT2D eigenvalue weighted by molar-refractivity contribution is 5.96. The van der Waals surface area contributed by atoms with Crippen LogP contribution in [0.3, 0.4) is 0 Å². The number of benzene rings is 2. The Morgan fingerprint density at radius 2 is 1.62 bits per heavy atom. The van der Waals surface area contributed by atoms with Crippen molar-refractivity contribution in [3.05, 3.63) is 54.6 Å². The fourth-order valence-corrected chi connectivity index (χ4v) is 3.38. The van der Waals surface area contributed by atoms with Gasteiger partial charge in [0.15, 0.2) is 0 Å². The average Bonchev–Trinajstić information content (AvgIpc) is 2.73. The number of carbonyl (C=O) groups excluding carboxylic acids is 1. The second kappa shape index (κ2) is 8.23. The fourth-order valence-electron chi connectivity index (χ4n) is 3.38. The third-order valence-corrected chi connectivity index (χ3v) is 5.13. The van der Waals surface area contributed by atoms with Gasteiger partial charge in [0.05, 0.1) is 13.2 Å². The zero-order valence-corrected chi connectivity index (χ0v) is 15.8. The minimum absolute atomic E-state index is 0.127. The van der Waals surface area contributed by atoms with Gasteiger partial charge in [0.1, 0.15) is 5.75 Å². The number of hydrogen-bond donors (Lipinski definition) is 0. The Hall–Kier alpha value is -2.53. The lowest BCUT2D eigenvalue weighted by Gasteiger charge is -2.39. The zero-order chi connectivity index (χ0) is 18.5. The summed E-state index contributed by atoms with van der Waals surface area (Å²) in [7, 11) is 3.53. The maximum absolute atomic E-state index is 12.8. The van der Waals surface area contributed by atoms with Crippen LogP contribution in [0.2, 0.25) is 0 Å². The van der Waals surface area contributed by atoms with E-state index in [0.29, 0.717) is 0 Å². The SMILES string of the molecule is COc1ccc(N2CCN([C@H](C)C(=O)N(C)c3ccccc3)CC2)cc1. The molecular formula is C21H27N3O2. The Kier molecular flexibility index (Phi) is 5.78. The van der Waals surface area contributed by atoms with Crippen LogP contribution in [0.5, 0.6) is 5.75 Å². The van der Waals surface area contributed by atoms with Crippen molar-refractivity contribution in [1.29, 1.82) is 0 Å². The number of methoxy groups -OCH3 is 1. The van der Waals surface area contributed by atoms with Crippen LogP contribution in [0, 0.1) is 0 Å². The van der Waals surface area contributed by atoms with Crippen molar-refractivity contribution in [2.45, 2.75) is 13.0 Å². The fraction of sp³-hybridized carbons (Fsp3) is 0.381. The number of piperazine rings is 1. The van der Waals surface area contributed by atoms with Crippen LogP contribution >= 0.6 is 0 Å². The highest BCUT2D eigenvalue weighted by atomic mass is 16.5. The summed E-state index contributed by atoms with van der Waals surface area (Å²) in [5.74, 6) is 1.00. The van der Waals surface area contributed by atoms with E-state index in [4.69, 9.17) is 4.74 Å². The van der Waals surface area contributed by atoms with Crippen molar-refractivity contribution in [1.82, 2.24) is 4.90 Å². The summed E-state index contributed by atoms with van der Waals surface area (Å²) in [6.45, 7) is 5.59. The summed E-state index contributed by atoms with van der Waals surface area (Å²) in [5.41, 5.74) is 2.13. The predicted octanol–water partition coefficient (Wildman–Crippen LogP) is 2.87. The van der Waals surface area contributed by atoms with Gasteiger partial charge in [0.2, 0.25) is 5.91 Å². The van der Waals surface area contributed by atoms with Gasteiger partial charge in [-0.15, -0.1) is 0 Å². The van der Waals surface area contributed by atoms with E-state index in [-0.39, 0.29) is 11.9 Å². The minimum Gasteiger partial charge on any atom is -0.497 e. The normalized spacial score (nSPS) is 16.2. The summed E-state index contributed by atoms with van der Waals surface area (Å²) >= 11 is 0. The van der Waals surface area contributed by atoms with Gasteiger partial charge < -0.3 is 14.5 Å². The highest BCUT2D eigenvalue weighted by Gasteiger charge is 2.28. The average molecular weight is 353 g/mol. The Morgan fingerprint density at radius 1 is 1.00 bits per heavy atom. The van der Waals surface area contributed by atoms with E-state index in [0.717, 1.165) is 37.6 Å². The third kappa shape index (κ3) is 3.99. The van der Waals surface area contributed by atoms with E-state index >= 15 is 0 Å². The summed E-state index contributed by atoms with van der Waals surface area (Å²) < 4.78 is 5.22. The van der Waals surface area contributed by atoms with Crippen molar-refractivity contribution in [3.63, 3.8) is 0 Å². The van der Waals surface area contributed by atoms with Gasteiger partial charge in [-0.2, -0.15) is 0 Å².